The van der Waals surface area contributed by atoms with Gasteiger partial charge in [0.2, 0.25) is 0 Å². The molecule has 0 spiro atoms. The maximum Gasteiger partial charge on any atom is 0.370 e. The number of rotatable bonds is 4. The summed E-state index contributed by atoms with van der Waals surface area (Å²) in [6, 6.07) is 16.7. The van der Waals surface area contributed by atoms with Crippen molar-refractivity contribution >= 4 is 11.7 Å². The highest BCUT2D eigenvalue weighted by molar-refractivity contribution is 5.99. The molecule has 0 amide bonds. The molecule has 2 aromatic rings. The first-order valence-corrected chi connectivity index (χ1v) is 7.68. The van der Waals surface area contributed by atoms with Gasteiger partial charge in [0.25, 0.3) is 0 Å². The van der Waals surface area contributed by atoms with Gasteiger partial charge in [-0.05, 0) is 30.2 Å². The summed E-state index contributed by atoms with van der Waals surface area (Å²) in [5.74, 6) is 0.658. The molecule has 1 aliphatic rings. The van der Waals surface area contributed by atoms with Gasteiger partial charge in [0.1, 0.15) is 5.82 Å². The molecule has 3 rings (SSSR count). The van der Waals surface area contributed by atoms with Crippen LogP contribution in [0.1, 0.15) is 18.1 Å². The van der Waals surface area contributed by atoms with Crippen LogP contribution in [0.15, 0.2) is 59.7 Å². The molecule has 0 atom stereocenters. The monoisotopic (exact) mass is 311 g/mol. The van der Waals surface area contributed by atoms with Crippen molar-refractivity contribution in [3.63, 3.8) is 0 Å². The van der Waals surface area contributed by atoms with E-state index in [0.717, 1.165) is 36.9 Å². The molecular weight excluding hydrogens is 291 g/mol. The van der Waals surface area contributed by atoms with Crippen LogP contribution in [-0.4, -0.2) is 29.3 Å². The molecule has 0 saturated carbocycles. The van der Waals surface area contributed by atoms with Gasteiger partial charge in [0.15, 0.2) is 0 Å². The van der Waals surface area contributed by atoms with E-state index in [1.165, 1.54) is 17.7 Å². The molecule has 118 valence electrons. The van der Waals surface area contributed by atoms with Gasteiger partial charge in [-0.15, -0.1) is 5.10 Å². The van der Waals surface area contributed by atoms with Crippen molar-refractivity contribution in [3.8, 4) is 0 Å². The molecule has 2 aromatic carbocycles. The number of benzene rings is 2. The Bertz CT molecular complexity index is 720. The molecule has 1 aliphatic heterocycles. The van der Waals surface area contributed by atoms with Crippen LogP contribution in [0.3, 0.4) is 0 Å². The van der Waals surface area contributed by atoms with E-state index in [-0.39, 0.29) is 5.82 Å². The number of hydrazone groups is 1. The molecule has 5 heteroatoms. The average Bonchev–Trinajstić information content (AvgIpc) is 3.01. The van der Waals surface area contributed by atoms with Gasteiger partial charge in [0.05, 0.1) is 25.3 Å². The van der Waals surface area contributed by atoms with Crippen molar-refractivity contribution < 1.29 is 8.97 Å². The van der Waals surface area contributed by atoms with Gasteiger partial charge in [-0.3, -0.25) is 9.89 Å². The van der Waals surface area contributed by atoms with E-state index >= 15 is 0 Å². The Morgan fingerprint density at radius 1 is 1.17 bits per heavy atom. The first-order valence-electron chi connectivity index (χ1n) is 7.68. The number of nitrogens with one attached hydrogen (secondary N) is 2. The van der Waals surface area contributed by atoms with Crippen molar-refractivity contribution in [1.82, 2.24) is 10.7 Å². The van der Waals surface area contributed by atoms with Crippen LogP contribution in [0.5, 0.6) is 0 Å². The van der Waals surface area contributed by atoms with Crippen LogP contribution < -0.4 is 10.7 Å². The van der Waals surface area contributed by atoms with Gasteiger partial charge in [-0.2, -0.15) is 5.43 Å². The SMILES string of the molecule is CC(=NNC1=[N+](Cc2ccccc2)CCN1)c1ccc(F)cc1. The lowest BCUT2D eigenvalue weighted by atomic mass is 10.1. The van der Waals surface area contributed by atoms with E-state index < -0.39 is 0 Å². The average molecular weight is 311 g/mol. The Morgan fingerprint density at radius 2 is 1.91 bits per heavy atom. The van der Waals surface area contributed by atoms with Crippen molar-refractivity contribution in [2.45, 2.75) is 13.5 Å². The first kappa shape index (κ1) is 15.2. The molecule has 4 nitrogen and oxygen atoms in total. The molecule has 23 heavy (non-hydrogen) atoms. The first-order chi connectivity index (χ1) is 11.2. The third-order valence-corrected chi connectivity index (χ3v) is 3.80. The second-order valence-corrected chi connectivity index (χ2v) is 5.50. The highest BCUT2D eigenvalue weighted by atomic mass is 19.1. The maximum absolute atomic E-state index is 13.0. The predicted molar refractivity (Wildman–Crippen MR) is 90.0 cm³/mol. The largest absolute Gasteiger partial charge is 0.370 e. The topological polar surface area (TPSA) is 39.4 Å². The van der Waals surface area contributed by atoms with Gasteiger partial charge in [-0.25, -0.2) is 4.39 Å². The molecule has 0 aliphatic carbocycles. The molecule has 2 N–H and O–H groups in total. The van der Waals surface area contributed by atoms with Crippen LogP contribution in [0.2, 0.25) is 0 Å². The lowest BCUT2D eigenvalue weighted by Gasteiger charge is -2.05. The third-order valence-electron chi connectivity index (χ3n) is 3.80. The molecule has 0 bridgehead atoms. The van der Waals surface area contributed by atoms with Crippen LogP contribution >= 0.6 is 0 Å². The number of nitrogens with zero attached hydrogens (tertiary/aromatic N) is 2. The fraction of sp³-hybridized carbons (Fsp3) is 0.222. The summed E-state index contributed by atoms with van der Waals surface area (Å²) in [5.41, 5.74) is 6.06. The Balaban J connectivity index is 1.71. The van der Waals surface area contributed by atoms with Gasteiger partial charge >= 0.3 is 5.96 Å². The van der Waals surface area contributed by atoms with Crippen LogP contribution in [0.25, 0.3) is 0 Å². The fourth-order valence-corrected chi connectivity index (χ4v) is 2.50. The molecule has 0 unspecified atom stereocenters. The van der Waals surface area contributed by atoms with E-state index in [0.29, 0.717) is 0 Å². The lowest BCUT2D eigenvalue weighted by Crippen LogP contribution is -2.35. The zero-order chi connectivity index (χ0) is 16.1. The Kier molecular flexibility index (Phi) is 4.66. The Hall–Kier alpha value is -2.69. The number of hydrogen-bond acceptors (Lipinski definition) is 3. The molecule has 0 aromatic heterocycles. The highest BCUT2D eigenvalue weighted by Crippen LogP contribution is 2.04. The zero-order valence-electron chi connectivity index (χ0n) is 13.1. The van der Waals surface area contributed by atoms with Gasteiger partial charge in [0, 0.05) is 0 Å². The quantitative estimate of drug-likeness (QED) is 0.517. The van der Waals surface area contributed by atoms with E-state index in [4.69, 9.17) is 0 Å². The van der Waals surface area contributed by atoms with Crippen LogP contribution in [0.4, 0.5) is 4.39 Å². The summed E-state index contributed by atoms with van der Waals surface area (Å²) < 4.78 is 15.2. The third kappa shape index (κ3) is 3.94. The molecular formula is C18H20FN4+. The molecule has 0 fully saturated rings. The minimum absolute atomic E-state index is 0.240. The lowest BCUT2D eigenvalue weighted by molar-refractivity contribution is -0.536. The van der Waals surface area contributed by atoms with E-state index in [1.807, 2.05) is 25.1 Å². The number of guanidine groups is 1. The summed E-state index contributed by atoms with van der Waals surface area (Å²) >= 11 is 0. The van der Waals surface area contributed by atoms with E-state index in [9.17, 15) is 4.39 Å². The minimum Gasteiger partial charge on any atom is -0.273 e. The van der Waals surface area contributed by atoms with Gasteiger partial charge in [-0.1, -0.05) is 42.5 Å². The molecule has 0 saturated heterocycles. The zero-order valence-corrected chi connectivity index (χ0v) is 13.1. The second-order valence-electron chi connectivity index (χ2n) is 5.50. The standard InChI is InChI=1S/C18H19FN4/c1-14(16-7-9-17(19)10-8-16)21-22-18-20-11-12-23(18)13-15-5-3-2-4-6-15/h2-10H,11-13H2,1H3,(H,20,22)/p+1. The van der Waals surface area contributed by atoms with E-state index in [1.54, 1.807) is 12.1 Å². The summed E-state index contributed by atoms with van der Waals surface area (Å²) in [6.45, 7) is 4.56. The Morgan fingerprint density at radius 3 is 2.65 bits per heavy atom. The van der Waals surface area contributed by atoms with Crippen molar-refractivity contribution in [3.05, 3.63) is 71.5 Å². The predicted octanol–water partition coefficient (Wildman–Crippen LogP) is 2.31. The summed E-state index contributed by atoms with van der Waals surface area (Å²) in [4.78, 5) is 0. The fourth-order valence-electron chi connectivity index (χ4n) is 2.50. The second kappa shape index (κ2) is 7.05. The summed E-state index contributed by atoms with van der Waals surface area (Å²) in [6.07, 6.45) is 0. The Labute approximate surface area is 135 Å². The smallest absolute Gasteiger partial charge is 0.273 e. The van der Waals surface area contributed by atoms with Crippen LogP contribution in [0, 0.1) is 5.82 Å². The minimum atomic E-state index is -0.240. The molecule has 1 heterocycles. The van der Waals surface area contributed by atoms with Crippen LogP contribution in [-0.2, 0) is 6.54 Å². The number of halogens is 1. The highest BCUT2D eigenvalue weighted by Gasteiger charge is 2.19. The van der Waals surface area contributed by atoms with Crippen molar-refractivity contribution in [1.29, 1.82) is 0 Å². The normalized spacial score (nSPS) is 14.8. The summed E-state index contributed by atoms with van der Waals surface area (Å²) in [5, 5.41) is 7.71. The maximum atomic E-state index is 13.0. The number of hydrogen-bond donors (Lipinski definition) is 2. The van der Waals surface area contributed by atoms with Gasteiger partial charge < -0.3 is 0 Å². The van der Waals surface area contributed by atoms with Crippen molar-refractivity contribution in [2.75, 3.05) is 13.1 Å². The molecule has 0 radical (unpaired) electrons. The summed E-state index contributed by atoms with van der Waals surface area (Å²) in [7, 11) is 0. The van der Waals surface area contributed by atoms with E-state index in [2.05, 4.69) is 32.6 Å². The van der Waals surface area contributed by atoms with Crippen molar-refractivity contribution in [2.24, 2.45) is 5.10 Å².